The summed E-state index contributed by atoms with van der Waals surface area (Å²) in [6, 6.07) is 13.1. The first-order chi connectivity index (χ1) is 9.60. The van der Waals surface area contributed by atoms with Gasteiger partial charge in [0.1, 0.15) is 5.75 Å². The van der Waals surface area contributed by atoms with Crippen molar-refractivity contribution in [3.8, 4) is 5.75 Å². The maximum absolute atomic E-state index is 10.9. The monoisotopic (exact) mass is 288 g/mol. The first-order valence-corrected chi connectivity index (χ1v) is 7.18. The van der Waals surface area contributed by atoms with Gasteiger partial charge in [-0.25, -0.2) is 4.79 Å². The molecule has 2 rings (SSSR count). The van der Waals surface area contributed by atoms with Crippen molar-refractivity contribution in [3.05, 3.63) is 59.2 Å². The quantitative estimate of drug-likeness (QED) is 0.845. The molecule has 104 valence electrons. The zero-order valence-corrected chi connectivity index (χ0v) is 12.2. The molecule has 20 heavy (non-hydrogen) atoms. The Hall–Kier alpha value is -1.94. The van der Waals surface area contributed by atoms with E-state index in [1.165, 1.54) is 0 Å². The molecule has 0 radical (unpaired) electrons. The average Bonchev–Trinajstić information content (AvgIpc) is 2.46. The number of rotatable bonds is 5. The molecule has 0 amide bonds. The summed E-state index contributed by atoms with van der Waals surface area (Å²) in [5.41, 5.74) is 2.47. The van der Waals surface area contributed by atoms with Crippen molar-refractivity contribution in [1.82, 2.24) is 0 Å². The van der Waals surface area contributed by atoms with Crippen LogP contribution in [0.5, 0.6) is 5.75 Å². The predicted molar refractivity (Wildman–Crippen MR) is 80.7 cm³/mol. The van der Waals surface area contributed by atoms with Gasteiger partial charge in [0.25, 0.3) is 0 Å². The summed E-state index contributed by atoms with van der Waals surface area (Å²) in [5, 5.41) is 8.95. The second-order valence-corrected chi connectivity index (χ2v) is 5.46. The molecule has 4 heteroatoms. The molecule has 0 heterocycles. The van der Waals surface area contributed by atoms with E-state index in [-0.39, 0.29) is 0 Å². The highest BCUT2D eigenvalue weighted by atomic mass is 32.2. The molecule has 2 aromatic rings. The van der Waals surface area contributed by atoms with Crippen molar-refractivity contribution in [1.29, 1.82) is 0 Å². The van der Waals surface area contributed by atoms with E-state index in [1.54, 1.807) is 31.0 Å². The Morgan fingerprint density at radius 2 is 2.05 bits per heavy atom. The van der Waals surface area contributed by atoms with E-state index in [2.05, 4.69) is 0 Å². The molecule has 0 aliphatic carbocycles. The Balaban J connectivity index is 2.08. The summed E-state index contributed by atoms with van der Waals surface area (Å²) in [7, 11) is 1.65. The Labute approximate surface area is 122 Å². The number of thioether (sulfide) groups is 1. The summed E-state index contributed by atoms with van der Waals surface area (Å²) in [6.07, 6.45) is 0. The van der Waals surface area contributed by atoms with Crippen LogP contribution in [0.15, 0.2) is 47.4 Å². The molecule has 0 aliphatic heterocycles. The van der Waals surface area contributed by atoms with Crippen molar-refractivity contribution >= 4 is 17.7 Å². The highest BCUT2D eigenvalue weighted by Gasteiger charge is 2.06. The first-order valence-electron chi connectivity index (χ1n) is 6.20. The van der Waals surface area contributed by atoms with Crippen LogP contribution in [-0.4, -0.2) is 18.2 Å². The number of benzene rings is 2. The highest BCUT2D eigenvalue weighted by Crippen LogP contribution is 2.27. The molecule has 0 saturated heterocycles. The molecular weight excluding hydrogens is 272 g/mol. The third-order valence-corrected chi connectivity index (χ3v) is 4.07. The summed E-state index contributed by atoms with van der Waals surface area (Å²) in [5.74, 6) is 0.756. The van der Waals surface area contributed by atoms with Crippen LogP contribution in [-0.2, 0) is 5.75 Å². The van der Waals surface area contributed by atoms with Gasteiger partial charge in [-0.05, 0) is 48.4 Å². The molecule has 0 aliphatic rings. The van der Waals surface area contributed by atoms with E-state index in [1.807, 2.05) is 37.3 Å². The van der Waals surface area contributed by atoms with E-state index < -0.39 is 5.97 Å². The van der Waals surface area contributed by atoms with E-state index in [0.29, 0.717) is 5.56 Å². The summed E-state index contributed by atoms with van der Waals surface area (Å²) in [4.78, 5) is 12.0. The maximum Gasteiger partial charge on any atom is 0.335 e. The van der Waals surface area contributed by atoms with Crippen molar-refractivity contribution < 1.29 is 14.6 Å². The van der Waals surface area contributed by atoms with Crippen molar-refractivity contribution in [3.63, 3.8) is 0 Å². The minimum absolute atomic E-state index is 0.331. The van der Waals surface area contributed by atoms with E-state index in [9.17, 15) is 4.79 Å². The molecule has 0 unspecified atom stereocenters. The van der Waals surface area contributed by atoms with Gasteiger partial charge < -0.3 is 9.84 Å². The molecule has 2 aromatic carbocycles. The van der Waals surface area contributed by atoms with Gasteiger partial charge in [-0.15, -0.1) is 11.8 Å². The van der Waals surface area contributed by atoms with Crippen LogP contribution in [0.4, 0.5) is 0 Å². The smallest absolute Gasteiger partial charge is 0.335 e. The minimum atomic E-state index is -0.889. The van der Waals surface area contributed by atoms with Gasteiger partial charge in [-0.2, -0.15) is 0 Å². The van der Waals surface area contributed by atoms with Crippen LogP contribution in [0, 0.1) is 6.92 Å². The Kier molecular flexibility index (Phi) is 4.69. The molecule has 1 N–H and O–H groups in total. The third-order valence-electron chi connectivity index (χ3n) is 3.03. The molecule has 0 bridgehead atoms. The third kappa shape index (κ3) is 3.54. The molecule has 0 spiro atoms. The second kappa shape index (κ2) is 6.48. The minimum Gasteiger partial charge on any atom is -0.497 e. The number of ether oxygens (including phenoxy) is 1. The fourth-order valence-electron chi connectivity index (χ4n) is 1.84. The van der Waals surface area contributed by atoms with Gasteiger partial charge in [-0.1, -0.05) is 12.1 Å². The lowest BCUT2D eigenvalue weighted by Crippen LogP contribution is -1.98. The maximum atomic E-state index is 10.9. The number of methoxy groups -OCH3 is 1. The fourth-order valence-corrected chi connectivity index (χ4v) is 2.86. The van der Waals surface area contributed by atoms with Gasteiger partial charge in [0.05, 0.1) is 12.7 Å². The standard InChI is InChI=1S/C16H16O3S/c1-11-8-12(16(17)18)6-7-13(11)10-20-15-5-3-4-14(9-15)19-2/h3-9H,10H2,1-2H3,(H,17,18). The number of carboxylic acids is 1. The van der Waals surface area contributed by atoms with Gasteiger partial charge in [0.15, 0.2) is 0 Å². The number of hydrogen-bond donors (Lipinski definition) is 1. The van der Waals surface area contributed by atoms with Gasteiger partial charge >= 0.3 is 5.97 Å². The van der Waals surface area contributed by atoms with Crippen LogP contribution in [0.25, 0.3) is 0 Å². The molecular formula is C16H16O3S. The van der Waals surface area contributed by atoms with Crippen molar-refractivity contribution in [2.45, 2.75) is 17.6 Å². The fraction of sp³-hybridized carbons (Fsp3) is 0.188. The largest absolute Gasteiger partial charge is 0.497 e. The van der Waals surface area contributed by atoms with Crippen LogP contribution in [0.3, 0.4) is 0 Å². The van der Waals surface area contributed by atoms with E-state index in [0.717, 1.165) is 27.5 Å². The lowest BCUT2D eigenvalue weighted by molar-refractivity contribution is 0.0697. The summed E-state index contributed by atoms with van der Waals surface area (Å²) in [6.45, 7) is 1.94. The van der Waals surface area contributed by atoms with Crippen molar-refractivity contribution in [2.75, 3.05) is 7.11 Å². The second-order valence-electron chi connectivity index (χ2n) is 4.41. The average molecular weight is 288 g/mol. The molecule has 0 aromatic heterocycles. The number of carbonyl (C=O) groups is 1. The van der Waals surface area contributed by atoms with Crippen molar-refractivity contribution in [2.24, 2.45) is 0 Å². The zero-order valence-electron chi connectivity index (χ0n) is 11.4. The molecule has 0 saturated carbocycles. The topological polar surface area (TPSA) is 46.5 Å². The van der Waals surface area contributed by atoms with Gasteiger partial charge in [0.2, 0.25) is 0 Å². The molecule has 3 nitrogen and oxygen atoms in total. The van der Waals surface area contributed by atoms with Gasteiger partial charge in [0, 0.05) is 10.6 Å². The Bertz CT molecular complexity index is 623. The van der Waals surface area contributed by atoms with E-state index in [4.69, 9.17) is 9.84 Å². The van der Waals surface area contributed by atoms with Crippen LogP contribution < -0.4 is 4.74 Å². The SMILES string of the molecule is COc1cccc(SCc2ccc(C(=O)O)cc2C)c1. The summed E-state index contributed by atoms with van der Waals surface area (Å²) >= 11 is 1.70. The lowest BCUT2D eigenvalue weighted by Gasteiger charge is -2.08. The Morgan fingerprint density at radius 1 is 1.25 bits per heavy atom. The first kappa shape index (κ1) is 14.5. The molecule has 0 fully saturated rings. The molecule has 0 atom stereocenters. The van der Waals surface area contributed by atoms with Crippen LogP contribution in [0.2, 0.25) is 0 Å². The van der Waals surface area contributed by atoms with Crippen LogP contribution in [0.1, 0.15) is 21.5 Å². The predicted octanol–water partition coefficient (Wildman–Crippen LogP) is 3.99. The number of carboxylic acid groups (broad SMARTS) is 1. The highest BCUT2D eigenvalue weighted by molar-refractivity contribution is 7.98. The zero-order chi connectivity index (χ0) is 14.5. The normalized spacial score (nSPS) is 10.3. The number of hydrogen-bond acceptors (Lipinski definition) is 3. The van der Waals surface area contributed by atoms with Gasteiger partial charge in [-0.3, -0.25) is 0 Å². The lowest BCUT2D eigenvalue weighted by atomic mass is 10.1. The number of aryl methyl sites for hydroxylation is 1. The van der Waals surface area contributed by atoms with Crippen LogP contribution >= 0.6 is 11.8 Å². The van der Waals surface area contributed by atoms with E-state index >= 15 is 0 Å². The Morgan fingerprint density at radius 3 is 2.70 bits per heavy atom. The summed E-state index contributed by atoms with van der Waals surface area (Å²) < 4.78 is 5.19. The number of aromatic carboxylic acids is 1.